The first-order valence-electron chi connectivity index (χ1n) is 9.06. The Kier molecular flexibility index (Phi) is 6.06. The molecule has 0 spiro atoms. The van der Waals surface area contributed by atoms with Crippen LogP contribution in [0.3, 0.4) is 0 Å². The van der Waals surface area contributed by atoms with Gasteiger partial charge in [-0.2, -0.15) is 0 Å². The van der Waals surface area contributed by atoms with Gasteiger partial charge >= 0.3 is 0 Å². The van der Waals surface area contributed by atoms with Crippen LogP contribution in [-0.2, 0) is 4.79 Å². The van der Waals surface area contributed by atoms with E-state index in [0.29, 0.717) is 21.7 Å². The zero-order valence-corrected chi connectivity index (χ0v) is 17.6. The van der Waals surface area contributed by atoms with E-state index in [1.807, 2.05) is 70.3 Å². The van der Waals surface area contributed by atoms with Gasteiger partial charge in [0.05, 0.1) is 23.6 Å². The van der Waals surface area contributed by atoms with Crippen LogP contribution in [0.1, 0.15) is 0 Å². The molecule has 0 aliphatic rings. The molecule has 30 heavy (non-hydrogen) atoms. The number of nitrogens with zero attached hydrogens (tertiary/aromatic N) is 4. The third kappa shape index (κ3) is 4.34. The van der Waals surface area contributed by atoms with Crippen molar-refractivity contribution in [2.75, 3.05) is 18.2 Å². The molecule has 2 aromatic heterocycles. The monoisotopic (exact) mass is 439 g/mol. The van der Waals surface area contributed by atoms with E-state index < -0.39 is 0 Å². The van der Waals surface area contributed by atoms with Gasteiger partial charge in [0, 0.05) is 18.0 Å². The lowest BCUT2D eigenvalue weighted by Gasteiger charge is -2.12. The number of hydrogen-bond donors (Lipinski definition) is 1. The maximum Gasteiger partial charge on any atom is 0.234 e. The molecular weight excluding hydrogens is 422 g/mol. The third-order valence-corrected chi connectivity index (χ3v) is 5.51. The van der Waals surface area contributed by atoms with Gasteiger partial charge in [0.25, 0.3) is 0 Å². The van der Waals surface area contributed by atoms with Crippen molar-refractivity contribution >= 4 is 35.0 Å². The summed E-state index contributed by atoms with van der Waals surface area (Å²) in [6, 6.07) is 18.5. The molecule has 0 saturated heterocycles. The van der Waals surface area contributed by atoms with Gasteiger partial charge in [-0.1, -0.05) is 35.5 Å². The van der Waals surface area contributed by atoms with Crippen LogP contribution in [0.25, 0.3) is 11.4 Å². The van der Waals surface area contributed by atoms with E-state index in [-0.39, 0.29) is 11.7 Å². The van der Waals surface area contributed by atoms with E-state index in [4.69, 9.17) is 16.3 Å². The lowest BCUT2D eigenvalue weighted by Crippen LogP contribution is -2.16. The summed E-state index contributed by atoms with van der Waals surface area (Å²) in [6.07, 6.45) is 3.79. The summed E-state index contributed by atoms with van der Waals surface area (Å²) < 4.78 is 8.95. The number of benzene rings is 2. The van der Waals surface area contributed by atoms with Crippen molar-refractivity contribution in [3.8, 4) is 17.1 Å². The number of amides is 1. The second-order valence-corrected chi connectivity index (χ2v) is 7.58. The topological polar surface area (TPSA) is 74.0 Å². The van der Waals surface area contributed by atoms with Crippen LogP contribution in [0.2, 0.25) is 5.02 Å². The molecule has 0 aliphatic heterocycles. The van der Waals surface area contributed by atoms with Crippen LogP contribution in [-0.4, -0.2) is 38.3 Å². The third-order valence-electron chi connectivity index (χ3n) is 4.26. The molecule has 0 radical (unpaired) electrons. The lowest BCUT2D eigenvalue weighted by atomic mass is 10.2. The lowest BCUT2D eigenvalue weighted by molar-refractivity contribution is -0.113. The van der Waals surface area contributed by atoms with Crippen molar-refractivity contribution < 1.29 is 9.53 Å². The maximum absolute atomic E-state index is 12.4. The van der Waals surface area contributed by atoms with Gasteiger partial charge in [0.2, 0.25) is 11.1 Å². The number of anilines is 1. The average molecular weight is 440 g/mol. The first kappa shape index (κ1) is 20.1. The number of halogens is 1. The first-order valence-corrected chi connectivity index (χ1v) is 10.4. The van der Waals surface area contributed by atoms with Gasteiger partial charge in [-0.3, -0.25) is 9.47 Å². The van der Waals surface area contributed by atoms with E-state index in [1.54, 1.807) is 19.2 Å². The van der Waals surface area contributed by atoms with Crippen molar-refractivity contribution in [1.29, 1.82) is 0 Å². The number of methoxy groups -OCH3 is 1. The summed E-state index contributed by atoms with van der Waals surface area (Å²) in [5.41, 5.74) is 1.46. The molecule has 0 bridgehead atoms. The Morgan fingerprint density at radius 1 is 1.07 bits per heavy atom. The minimum Gasteiger partial charge on any atom is -0.497 e. The number of para-hydroxylation sites is 1. The molecule has 1 amide bonds. The zero-order chi connectivity index (χ0) is 20.9. The van der Waals surface area contributed by atoms with Crippen LogP contribution in [0.5, 0.6) is 5.75 Å². The molecule has 9 heteroatoms. The molecule has 0 aliphatic carbocycles. The summed E-state index contributed by atoms with van der Waals surface area (Å²) in [5, 5.41) is 12.6. The van der Waals surface area contributed by atoms with E-state index in [1.165, 1.54) is 11.8 Å². The second-order valence-electron chi connectivity index (χ2n) is 6.23. The molecule has 2 aromatic carbocycles. The number of rotatable bonds is 7. The molecule has 7 nitrogen and oxygen atoms in total. The second kappa shape index (κ2) is 9.06. The fraction of sp³-hybridized carbons (Fsp3) is 0.0952. The highest BCUT2D eigenvalue weighted by molar-refractivity contribution is 7.99. The van der Waals surface area contributed by atoms with Crippen LogP contribution in [0.4, 0.5) is 5.69 Å². The fourth-order valence-corrected chi connectivity index (χ4v) is 3.74. The molecule has 2 heterocycles. The maximum atomic E-state index is 12.4. The standard InChI is InChI=1S/C21H18ClN5O2S/c1-29-16-10-8-15(9-11-16)20-24-25-21(27(20)26-12-4-5-13-26)30-14-19(28)23-18-7-3-2-6-17(18)22/h2-13H,14H2,1H3,(H,23,28). The first-order chi connectivity index (χ1) is 14.7. The van der Waals surface area contributed by atoms with Gasteiger partial charge in [-0.15, -0.1) is 10.2 Å². The van der Waals surface area contributed by atoms with Gasteiger partial charge in [0.1, 0.15) is 5.75 Å². The smallest absolute Gasteiger partial charge is 0.234 e. The Morgan fingerprint density at radius 3 is 2.50 bits per heavy atom. The molecule has 4 aromatic rings. The van der Waals surface area contributed by atoms with Crippen LogP contribution < -0.4 is 10.1 Å². The largest absolute Gasteiger partial charge is 0.497 e. The van der Waals surface area contributed by atoms with Crippen LogP contribution in [0, 0.1) is 0 Å². The van der Waals surface area contributed by atoms with Crippen molar-refractivity contribution in [3.05, 3.63) is 78.1 Å². The zero-order valence-electron chi connectivity index (χ0n) is 16.0. The number of carbonyl (C=O) groups is 1. The minimum absolute atomic E-state index is 0.160. The minimum atomic E-state index is -0.179. The molecule has 152 valence electrons. The van der Waals surface area contributed by atoms with Crippen LogP contribution >= 0.6 is 23.4 Å². The Morgan fingerprint density at radius 2 is 1.80 bits per heavy atom. The number of carbonyl (C=O) groups excluding carboxylic acids is 1. The molecule has 1 N–H and O–H groups in total. The Balaban J connectivity index is 1.56. The average Bonchev–Trinajstić information content (AvgIpc) is 3.43. The summed E-state index contributed by atoms with van der Waals surface area (Å²) in [6.45, 7) is 0. The number of aromatic nitrogens is 4. The molecule has 4 rings (SSSR count). The SMILES string of the molecule is COc1ccc(-c2nnc(SCC(=O)Nc3ccccc3Cl)n2-n2cccc2)cc1. The van der Waals surface area contributed by atoms with Gasteiger partial charge < -0.3 is 10.1 Å². The number of thioether (sulfide) groups is 1. The fourth-order valence-electron chi connectivity index (χ4n) is 2.82. The predicted octanol–water partition coefficient (Wildman–Crippen LogP) is 4.45. The van der Waals surface area contributed by atoms with Gasteiger partial charge in [-0.25, -0.2) is 4.68 Å². The van der Waals surface area contributed by atoms with Crippen molar-refractivity contribution in [2.45, 2.75) is 5.16 Å². The van der Waals surface area contributed by atoms with Crippen molar-refractivity contribution in [2.24, 2.45) is 0 Å². The highest BCUT2D eigenvalue weighted by Gasteiger charge is 2.17. The van der Waals surface area contributed by atoms with Crippen molar-refractivity contribution in [3.63, 3.8) is 0 Å². The molecule has 0 saturated carbocycles. The Labute approximate surface area is 182 Å². The highest BCUT2D eigenvalue weighted by Crippen LogP contribution is 2.26. The number of nitrogens with one attached hydrogen (secondary N) is 1. The van der Waals surface area contributed by atoms with Gasteiger partial charge in [0.15, 0.2) is 5.82 Å². The summed E-state index contributed by atoms with van der Waals surface area (Å²) in [4.78, 5) is 12.4. The Bertz CT molecular complexity index is 1140. The molecule has 0 unspecified atom stereocenters. The summed E-state index contributed by atoms with van der Waals surface area (Å²) in [7, 11) is 1.62. The Hall–Kier alpha value is -3.23. The van der Waals surface area contributed by atoms with Crippen molar-refractivity contribution in [1.82, 2.24) is 19.5 Å². The van der Waals surface area contributed by atoms with E-state index in [0.717, 1.165) is 11.3 Å². The highest BCUT2D eigenvalue weighted by atomic mass is 35.5. The van der Waals surface area contributed by atoms with E-state index >= 15 is 0 Å². The number of hydrogen-bond acceptors (Lipinski definition) is 5. The normalized spacial score (nSPS) is 10.7. The molecule has 0 atom stereocenters. The number of ether oxygens (including phenoxy) is 1. The summed E-state index contributed by atoms with van der Waals surface area (Å²) in [5.74, 6) is 1.40. The van der Waals surface area contributed by atoms with E-state index in [2.05, 4.69) is 15.5 Å². The molecule has 0 fully saturated rings. The van der Waals surface area contributed by atoms with Gasteiger partial charge in [-0.05, 0) is 48.5 Å². The summed E-state index contributed by atoms with van der Waals surface area (Å²) >= 11 is 7.40. The quantitative estimate of drug-likeness (QED) is 0.430. The van der Waals surface area contributed by atoms with E-state index in [9.17, 15) is 4.79 Å². The van der Waals surface area contributed by atoms with Crippen LogP contribution in [0.15, 0.2) is 78.2 Å². The molecular formula is C21H18ClN5O2S. The predicted molar refractivity (Wildman–Crippen MR) is 118 cm³/mol.